The average Bonchev–Trinajstić information content (AvgIpc) is 2.91. The average molecular weight is 352 g/mol. The molecule has 1 amide bonds. The molecule has 1 aromatic heterocycles. The van der Waals surface area contributed by atoms with Gasteiger partial charge in [0.1, 0.15) is 12.3 Å². The number of benzene rings is 1. The Labute approximate surface area is 141 Å². The van der Waals surface area contributed by atoms with E-state index in [0.29, 0.717) is 12.2 Å². The Kier molecular flexibility index (Phi) is 5.43. The van der Waals surface area contributed by atoms with Gasteiger partial charge in [-0.3, -0.25) is 4.79 Å². The molecule has 1 unspecified atom stereocenters. The van der Waals surface area contributed by atoms with Crippen molar-refractivity contribution in [3.63, 3.8) is 0 Å². The standard InChI is InChI=1S/C16H21N3O4S/c1-11-4-7-14(23-11)10-19(3)12(2)16(20)18-13-5-8-15(9-6-13)24(17,21)22/h4-9,12H,10H2,1-3H3,(H,18,20)(H2,17,21,22)/p+1/t12-/m0/s1. The van der Waals surface area contributed by atoms with E-state index in [0.717, 1.165) is 16.4 Å². The van der Waals surface area contributed by atoms with Crippen molar-refractivity contribution in [3.05, 3.63) is 47.9 Å². The van der Waals surface area contributed by atoms with Crippen molar-refractivity contribution in [3.8, 4) is 0 Å². The molecule has 1 aromatic carbocycles. The van der Waals surface area contributed by atoms with E-state index in [1.54, 1.807) is 0 Å². The summed E-state index contributed by atoms with van der Waals surface area (Å²) in [5, 5.41) is 7.81. The van der Waals surface area contributed by atoms with Crippen LogP contribution in [0.1, 0.15) is 18.4 Å². The lowest BCUT2D eigenvalue weighted by Crippen LogP contribution is -3.12. The second-order valence-corrected chi connectivity index (χ2v) is 7.38. The van der Waals surface area contributed by atoms with Crippen molar-refractivity contribution in [1.82, 2.24) is 0 Å². The topological polar surface area (TPSA) is 107 Å². The summed E-state index contributed by atoms with van der Waals surface area (Å²) in [5.41, 5.74) is 0.515. The van der Waals surface area contributed by atoms with Crippen molar-refractivity contribution in [2.75, 3.05) is 12.4 Å². The van der Waals surface area contributed by atoms with E-state index in [1.807, 2.05) is 33.0 Å². The molecule has 0 aliphatic heterocycles. The predicted octanol–water partition coefficient (Wildman–Crippen LogP) is 0.277. The zero-order valence-electron chi connectivity index (χ0n) is 13.9. The molecule has 7 nitrogen and oxygen atoms in total. The van der Waals surface area contributed by atoms with Crippen LogP contribution in [0.5, 0.6) is 0 Å². The maximum atomic E-state index is 12.3. The van der Waals surface area contributed by atoms with E-state index >= 15 is 0 Å². The minimum absolute atomic E-state index is 0.00415. The third-order valence-electron chi connectivity index (χ3n) is 3.83. The molecule has 130 valence electrons. The highest BCUT2D eigenvalue weighted by molar-refractivity contribution is 7.89. The SMILES string of the molecule is Cc1ccc(C[NH+](C)[C@@H](C)C(=O)Nc2ccc(S(N)(=O)=O)cc2)o1. The van der Waals surface area contributed by atoms with Gasteiger partial charge in [0.25, 0.3) is 5.91 Å². The van der Waals surface area contributed by atoms with Gasteiger partial charge in [-0.25, -0.2) is 13.6 Å². The maximum Gasteiger partial charge on any atom is 0.282 e. The number of amides is 1. The number of likely N-dealkylation sites (N-methyl/N-ethyl adjacent to an activating group) is 1. The minimum Gasteiger partial charge on any atom is -0.460 e. The number of primary sulfonamides is 1. The van der Waals surface area contributed by atoms with E-state index in [9.17, 15) is 13.2 Å². The van der Waals surface area contributed by atoms with Crippen LogP contribution in [0.3, 0.4) is 0 Å². The van der Waals surface area contributed by atoms with Gasteiger partial charge in [0, 0.05) is 5.69 Å². The first-order chi connectivity index (χ1) is 11.2. The van der Waals surface area contributed by atoms with E-state index in [4.69, 9.17) is 9.56 Å². The summed E-state index contributed by atoms with van der Waals surface area (Å²) >= 11 is 0. The Balaban J connectivity index is 1.98. The van der Waals surface area contributed by atoms with Crippen LogP contribution in [0.15, 0.2) is 45.7 Å². The lowest BCUT2D eigenvalue weighted by molar-refractivity contribution is -0.908. The van der Waals surface area contributed by atoms with E-state index in [1.165, 1.54) is 24.3 Å². The lowest BCUT2D eigenvalue weighted by atomic mass is 10.2. The zero-order chi connectivity index (χ0) is 17.9. The fourth-order valence-corrected chi connectivity index (χ4v) is 2.73. The smallest absolute Gasteiger partial charge is 0.282 e. The van der Waals surface area contributed by atoms with Crippen LogP contribution in [0, 0.1) is 6.92 Å². The number of hydrogen-bond donors (Lipinski definition) is 3. The number of sulfonamides is 1. The maximum absolute atomic E-state index is 12.3. The van der Waals surface area contributed by atoms with E-state index < -0.39 is 10.0 Å². The molecule has 0 aliphatic carbocycles. The number of carbonyl (C=O) groups excluding carboxylic acids is 1. The Bertz CT molecular complexity index is 812. The van der Waals surface area contributed by atoms with Crippen LogP contribution >= 0.6 is 0 Å². The van der Waals surface area contributed by atoms with Gasteiger partial charge in [-0.2, -0.15) is 0 Å². The summed E-state index contributed by atoms with van der Waals surface area (Å²) in [6.45, 7) is 4.28. The highest BCUT2D eigenvalue weighted by Crippen LogP contribution is 2.12. The molecule has 24 heavy (non-hydrogen) atoms. The van der Waals surface area contributed by atoms with E-state index in [2.05, 4.69) is 5.32 Å². The molecule has 0 saturated heterocycles. The molecule has 0 fully saturated rings. The fourth-order valence-electron chi connectivity index (χ4n) is 2.21. The molecular weight excluding hydrogens is 330 g/mol. The molecule has 0 saturated carbocycles. The number of nitrogens with two attached hydrogens (primary N) is 1. The van der Waals surface area contributed by atoms with Crippen LogP contribution in [-0.4, -0.2) is 27.4 Å². The van der Waals surface area contributed by atoms with Gasteiger partial charge in [0.15, 0.2) is 11.8 Å². The molecule has 8 heteroatoms. The normalized spacial score (nSPS) is 14.2. The molecule has 0 aliphatic rings. The number of carbonyl (C=O) groups is 1. The predicted molar refractivity (Wildman–Crippen MR) is 89.9 cm³/mol. The van der Waals surface area contributed by atoms with Crippen LogP contribution in [0.2, 0.25) is 0 Å². The molecular formula is C16H22N3O4S+. The third-order valence-corrected chi connectivity index (χ3v) is 4.76. The first kappa shape index (κ1) is 18.2. The summed E-state index contributed by atoms with van der Waals surface area (Å²) in [6.07, 6.45) is 0. The second-order valence-electron chi connectivity index (χ2n) is 5.82. The number of aryl methyl sites for hydroxylation is 1. The van der Waals surface area contributed by atoms with Crippen LogP contribution < -0.4 is 15.4 Å². The number of furan rings is 1. The zero-order valence-corrected chi connectivity index (χ0v) is 14.7. The molecule has 0 radical (unpaired) electrons. The van der Waals surface area contributed by atoms with Crippen molar-refractivity contribution in [1.29, 1.82) is 0 Å². The van der Waals surface area contributed by atoms with Gasteiger partial charge in [-0.05, 0) is 50.2 Å². The largest absolute Gasteiger partial charge is 0.460 e. The number of quaternary nitrogens is 1. The molecule has 0 spiro atoms. The van der Waals surface area contributed by atoms with Gasteiger partial charge >= 0.3 is 0 Å². The summed E-state index contributed by atoms with van der Waals surface area (Å²) in [5.74, 6) is 1.49. The Hall–Kier alpha value is -2.16. The summed E-state index contributed by atoms with van der Waals surface area (Å²) < 4.78 is 28.0. The third kappa shape index (κ3) is 4.67. The molecule has 4 N–H and O–H groups in total. The van der Waals surface area contributed by atoms with Crippen molar-refractivity contribution < 1.29 is 22.5 Å². The van der Waals surface area contributed by atoms with Crippen molar-refractivity contribution >= 4 is 21.6 Å². The monoisotopic (exact) mass is 352 g/mol. The van der Waals surface area contributed by atoms with Gasteiger partial charge < -0.3 is 14.6 Å². The summed E-state index contributed by atoms with van der Waals surface area (Å²) in [7, 11) is -1.83. The lowest BCUT2D eigenvalue weighted by Gasteiger charge is -2.20. The van der Waals surface area contributed by atoms with E-state index in [-0.39, 0.29) is 16.8 Å². The van der Waals surface area contributed by atoms with Gasteiger partial charge in [-0.1, -0.05) is 0 Å². The van der Waals surface area contributed by atoms with Gasteiger partial charge in [0.2, 0.25) is 10.0 Å². The number of anilines is 1. The Morgan fingerprint density at radius 2 is 1.88 bits per heavy atom. The molecule has 0 bridgehead atoms. The molecule has 2 atom stereocenters. The number of rotatable bonds is 6. The number of nitrogens with one attached hydrogen (secondary N) is 2. The summed E-state index contributed by atoms with van der Waals surface area (Å²) in [4.78, 5) is 13.3. The van der Waals surface area contributed by atoms with Crippen LogP contribution in [0.4, 0.5) is 5.69 Å². The highest BCUT2D eigenvalue weighted by Gasteiger charge is 2.23. The molecule has 1 heterocycles. The molecule has 2 aromatic rings. The van der Waals surface area contributed by atoms with Crippen molar-refractivity contribution in [2.24, 2.45) is 5.14 Å². The van der Waals surface area contributed by atoms with Gasteiger partial charge in [0.05, 0.1) is 11.9 Å². The Morgan fingerprint density at radius 1 is 1.25 bits per heavy atom. The molecule has 2 rings (SSSR count). The quantitative estimate of drug-likeness (QED) is 0.694. The first-order valence-corrected chi connectivity index (χ1v) is 9.03. The summed E-state index contributed by atoms with van der Waals surface area (Å²) in [6, 6.07) is 9.21. The Morgan fingerprint density at radius 3 is 2.38 bits per heavy atom. The highest BCUT2D eigenvalue weighted by atomic mass is 32.2. The minimum atomic E-state index is -3.74. The second kappa shape index (κ2) is 7.16. The first-order valence-electron chi connectivity index (χ1n) is 7.48. The van der Waals surface area contributed by atoms with Crippen LogP contribution in [-0.2, 0) is 21.4 Å². The van der Waals surface area contributed by atoms with Crippen molar-refractivity contribution in [2.45, 2.75) is 31.3 Å². The van der Waals surface area contributed by atoms with Crippen LogP contribution in [0.25, 0.3) is 0 Å². The van der Waals surface area contributed by atoms with Gasteiger partial charge in [-0.15, -0.1) is 0 Å². The number of hydrogen-bond acceptors (Lipinski definition) is 4. The fraction of sp³-hybridized carbons (Fsp3) is 0.312.